The molecule has 100 valence electrons. The number of para-hydroxylation sites is 1. The highest BCUT2D eigenvalue weighted by molar-refractivity contribution is 5.64. The van der Waals surface area contributed by atoms with E-state index >= 15 is 0 Å². The molecule has 0 aromatic heterocycles. The van der Waals surface area contributed by atoms with Gasteiger partial charge in [-0.25, -0.2) is 0 Å². The van der Waals surface area contributed by atoms with Crippen LogP contribution in [0.2, 0.25) is 0 Å². The molecule has 0 heterocycles. The molecule has 0 saturated heterocycles. The van der Waals surface area contributed by atoms with Crippen LogP contribution in [-0.2, 0) is 0 Å². The van der Waals surface area contributed by atoms with E-state index < -0.39 is 0 Å². The van der Waals surface area contributed by atoms with E-state index in [0.717, 1.165) is 19.6 Å². The van der Waals surface area contributed by atoms with Crippen molar-refractivity contribution in [3.63, 3.8) is 0 Å². The second-order valence-corrected chi connectivity index (χ2v) is 4.18. The molecule has 1 N–H and O–H groups in total. The summed E-state index contributed by atoms with van der Waals surface area (Å²) in [5.74, 6) is 0. The number of rotatable bonds is 7. The van der Waals surface area contributed by atoms with E-state index in [1.807, 2.05) is 6.07 Å². The average Bonchev–Trinajstić information content (AvgIpc) is 2.34. The summed E-state index contributed by atoms with van der Waals surface area (Å²) in [6.07, 6.45) is 0. The Labute approximate surface area is 108 Å². The van der Waals surface area contributed by atoms with Gasteiger partial charge in [0.25, 0.3) is 5.69 Å². The van der Waals surface area contributed by atoms with Gasteiger partial charge in [-0.2, -0.15) is 0 Å². The number of hydrogen-bond donors (Lipinski definition) is 1. The van der Waals surface area contributed by atoms with Crippen LogP contribution < -0.4 is 5.32 Å². The molecule has 0 saturated carbocycles. The highest BCUT2D eigenvalue weighted by Gasteiger charge is 2.16. The summed E-state index contributed by atoms with van der Waals surface area (Å²) in [5, 5.41) is 14.2. The van der Waals surface area contributed by atoms with Gasteiger partial charge in [0, 0.05) is 18.7 Å². The summed E-state index contributed by atoms with van der Waals surface area (Å²) >= 11 is 0. The topological polar surface area (TPSA) is 58.4 Å². The summed E-state index contributed by atoms with van der Waals surface area (Å²) in [6.45, 7) is 9.57. The van der Waals surface area contributed by atoms with Crippen molar-refractivity contribution in [2.45, 2.75) is 20.8 Å². The second-order valence-electron chi connectivity index (χ2n) is 4.18. The molecule has 1 rings (SSSR count). The third kappa shape index (κ3) is 3.70. The Bertz CT molecular complexity index is 403. The van der Waals surface area contributed by atoms with Gasteiger partial charge in [-0.05, 0) is 26.1 Å². The molecular weight excluding hydrogens is 230 g/mol. The van der Waals surface area contributed by atoms with Gasteiger partial charge < -0.3 is 10.2 Å². The number of anilines is 1. The fourth-order valence-corrected chi connectivity index (χ4v) is 1.93. The van der Waals surface area contributed by atoms with E-state index in [0.29, 0.717) is 17.8 Å². The van der Waals surface area contributed by atoms with Crippen LogP contribution in [0.5, 0.6) is 0 Å². The molecule has 0 aliphatic rings. The largest absolute Gasteiger partial charge is 0.378 e. The Morgan fingerprint density at radius 1 is 1.33 bits per heavy atom. The third-order valence-electron chi connectivity index (χ3n) is 3.06. The molecule has 0 amide bonds. The Morgan fingerprint density at radius 3 is 2.56 bits per heavy atom. The van der Waals surface area contributed by atoms with E-state index in [2.05, 4.69) is 24.1 Å². The van der Waals surface area contributed by atoms with Crippen LogP contribution in [0.15, 0.2) is 18.2 Å². The average molecular weight is 251 g/mol. The van der Waals surface area contributed by atoms with Crippen molar-refractivity contribution in [2.24, 2.45) is 0 Å². The molecule has 0 unspecified atom stereocenters. The summed E-state index contributed by atoms with van der Waals surface area (Å²) in [4.78, 5) is 13.0. The lowest BCUT2D eigenvalue weighted by molar-refractivity contribution is -0.384. The summed E-state index contributed by atoms with van der Waals surface area (Å²) < 4.78 is 0. The van der Waals surface area contributed by atoms with Crippen molar-refractivity contribution in [2.75, 3.05) is 31.5 Å². The van der Waals surface area contributed by atoms with Crippen molar-refractivity contribution >= 4 is 11.4 Å². The predicted octanol–water partition coefficient (Wildman–Crippen LogP) is 2.66. The summed E-state index contributed by atoms with van der Waals surface area (Å²) in [7, 11) is 0. The molecule has 0 aliphatic carbocycles. The number of nitro groups is 1. The van der Waals surface area contributed by atoms with E-state index in [-0.39, 0.29) is 10.6 Å². The summed E-state index contributed by atoms with van der Waals surface area (Å²) in [5.41, 5.74) is 1.47. The number of nitrogens with zero attached hydrogens (tertiary/aromatic N) is 2. The quantitative estimate of drug-likeness (QED) is 0.598. The van der Waals surface area contributed by atoms with Crippen molar-refractivity contribution in [1.82, 2.24) is 4.90 Å². The maximum absolute atomic E-state index is 11.0. The number of aryl methyl sites for hydroxylation is 1. The molecule has 5 heteroatoms. The zero-order chi connectivity index (χ0) is 13.5. The maximum atomic E-state index is 11.0. The van der Waals surface area contributed by atoms with Crippen molar-refractivity contribution in [3.05, 3.63) is 33.9 Å². The Kier molecular flexibility index (Phi) is 5.58. The predicted molar refractivity (Wildman–Crippen MR) is 74.1 cm³/mol. The normalized spacial score (nSPS) is 10.7. The van der Waals surface area contributed by atoms with Gasteiger partial charge in [0.05, 0.1) is 4.92 Å². The van der Waals surface area contributed by atoms with E-state index in [9.17, 15) is 10.1 Å². The highest BCUT2D eigenvalue weighted by Crippen LogP contribution is 2.27. The molecule has 1 aromatic carbocycles. The first-order valence-corrected chi connectivity index (χ1v) is 6.30. The molecular formula is C13H21N3O2. The lowest BCUT2D eigenvalue weighted by atomic mass is 10.1. The molecule has 0 fully saturated rings. The highest BCUT2D eigenvalue weighted by atomic mass is 16.6. The fraction of sp³-hybridized carbons (Fsp3) is 0.538. The van der Waals surface area contributed by atoms with E-state index in [1.54, 1.807) is 19.1 Å². The van der Waals surface area contributed by atoms with E-state index in [4.69, 9.17) is 0 Å². The fourth-order valence-electron chi connectivity index (χ4n) is 1.93. The molecule has 0 aliphatic heterocycles. The first-order chi connectivity index (χ1) is 8.60. The monoisotopic (exact) mass is 251 g/mol. The number of nitrogens with one attached hydrogen (secondary N) is 1. The van der Waals surface area contributed by atoms with Gasteiger partial charge in [0.1, 0.15) is 5.69 Å². The lowest BCUT2D eigenvalue weighted by Gasteiger charge is -2.18. The SMILES string of the molecule is CCN(CC)CCNc1cccc(C)c1[N+](=O)[O-]. The van der Waals surface area contributed by atoms with Crippen LogP contribution >= 0.6 is 0 Å². The van der Waals surface area contributed by atoms with Crippen LogP contribution in [0.3, 0.4) is 0 Å². The maximum Gasteiger partial charge on any atom is 0.295 e. The van der Waals surface area contributed by atoms with Gasteiger partial charge in [-0.3, -0.25) is 10.1 Å². The molecule has 5 nitrogen and oxygen atoms in total. The Morgan fingerprint density at radius 2 is 2.00 bits per heavy atom. The van der Waals surface area contributed by atoms with Crippen LogP contribution in [-0.4, -0.2) is 36.0 Å². The van der Waals surface area contributed by atoms with E-state index in [1.165, 1.54) is 0 Å². The number of benzene rings is 1. The molecule has 18 heavy (non-hydrogen) atoms. The second kappa shape index (κ2) is 6.96. The zero-order valence-corrected chi connectivity index (χ0v) is 11.3. The van der Waals surface area contributed by atoms with Gasteiger partial charge in [-0.15, -0.1) is 0 Å². The molecule has 0 atom stereocenters. The van der Waals surface area contributed by atoms with Crippen molar-refractivity contribution in [1.29, 1.82) is 0 Å². The van der Waals surface area contributed by atoms with Crippen LogP contribution in [0.1, 0.15) is 19.4 Å². The Balaban J connectivity index is 2.67. The van der Waals surface area contributed by atoms with Crippen molar-refractivity contribution < 1.29 is 4.92 Å². The van der Waals surface area contributed by atoms with Crippen LogP contribution in [0.4, 0.5) is 11.4 Å². The minimum Gasteiger partial charge on any atom is -0.378 e. The number of likely N-dealkylation sites (N-methyl/N-ethyl adjacent to an activating group) is 1. The molecule has 1 aromatic rings. The summed E-state index contributed by atoms with van der Waals surface area (Å²) in [6, 6.07) is 5.35. The zero-order valence-electron chi connectivity index (χ0n) is 11.3. The van der Waals surface area contributed by atoms with Gasteiger partial charge >= 0.3 is 0 Å². The standard InChI is InChI=1S/C13H21N3O2/c1-4-15(5-2)10-9-14-12-8-6-7-11(3)13(12)16(17)18/h6-8,14H,4-5,9-10H2,1-3H3. The molecule has 0 bridgehead atoms. The van der Waals surface area contributed by atoms with Crippen molar-refractivity contribution in [3.8, 4) is 0 Å². The van der Waals surface area contributed by atoms with Gasteiger partial charge in [0.15, 0.2) is 0 Å². The Hall–Kier alpha value is -1.62. The molecule has 0 spiro atoms. The first kappa shape index (κ1) is 14.4. The smallest absolute Gasteiger partial charge is 0.295 e. The third-order valence-corrected chi connectivity index (χ3v) is 3.06. The minimum absolute atomic E-state index is 0.178. The number of nitro benzene ring substituents is 1. The van der Waals surface area contributed by atoms with Gasteiger partial charge in [-0.1, -0.05) is 26.0 Å². The lowest BCUT2D eigenvalue weighted by Crippen LogP contribution is -2.28. The molecule has 0 radical (unpaired) electrons. The van der Waals surface area contributed by atoms with Crippen LogP contribution in [0, 0.1) is 17.0 Å². The first-order valence-electron chi connectivity index (χ1n) is 6.30. The number of hydrogen-bond acceptors (Lipinski definition) is 4. The van der Waals surface area contributed by atoms with Gasteiger partial charge in [0.2, 0.25) is 0 Å². The minimum atomic E-state index is -0.324. The van der Waals surface area contributed by atoms with Crippen LogP contribution in [0.25, 0.3) is 0 Å².